The number of hydrogen-bond acceptors (Lipinski definition) is 10. The van der Waals surface area contributed by atoms with Gasteiger partial charge < -0.3 is 39.2 Å². The molecule has 1 spiro atoms. The quantitative estimate of drug-likeness (QED) is 0.285. The predicted octanol–water partition coefficient (Wildman–Crippen LogP) is 1.08. The van der Waals surface area contributed by atoms with Crippen molar-refractivity contribution in [1.29, 1.82) is 0 Å². The number of hydrogen-bond donors (Lipinski definition) is 2. The number of cyclic esters (lactones) is 1. The van der Waals surface area contributed by atoms with E-state index in [9.17, 15) is 24.3 Å². The molecule has 3 saturated heterocycles. The van der Waals surface area contributed by atoms with E-state index < -0.39 is 59.6 Å². The molecule has 3 fully saturated rings. The molecule has 0 bridgehead atoms. The molecule has 0 aromatic heterocycles. The zero-order valence-electron chi connectivity index (χ0n) is 29.1. The number of allylic oxidation sites excluding steroid dienone is 1. The average molecular weight is 695 g/mol. The Kier molecular flexibility index (Phi) is 11.4. The van der Waals surface area contributed by atoms with E-state index in [-0.39, 0.29) is 37.4 Å². The van der Waals surface area contributed by atoms with Crippen LogP contribution < -0.4 is 5.32 Å². The van der Waals surface area contributed by atoms with E-state index >= 15 is 0 Å². The molecule has 0 saturated carbocycles. The monoisotopic (exact) mass is 694 g/mol. The Hall–Kier alpha value is -3.62. The van der Waals surface area contributed by atoms with E-state index in [4.69, 9.17) is 18.9 Å². The van der Waals surface area contributed by atoms with Gasteiger partial charge in [0.2, 0.25) is 17.7 Å². The van der Waals surface area contributed by atoms with Gasteiger partial charge in [-0.3, -0.25) is 24.1 Å². The SMILES string of the molecule is COC[C@@H]1NC(=O)CC/C=C\[C@@H]2O[C@@]34C=CCN(CCN5CCOCC5)C(=O)[C@@H]3N([C@@H](CO)C(C)C)C(=O)[C@H]4[C@@H]2C(=O)O[C@H]1c1ccccc1. The Labute approximate surface area is 293 Å². The zero-order valence-corrected chi connectivity index (χ0v) is 29.1. The second kappa shape index (κ2) is 15.7. The van der Waals surface area contributed by atoms with Gasteiger partial charge in [-0.05, 0) is 17.9 Å². The Balaban J connectivity index is 1.40. The first-order valence-electron chi connectivity index (χ1n) is 17.8. The third-order valence-corrected chi connectivity index (χ3v) is 10.7. The third kappa shape index (κ3) is 6.98. The first-order valence-corrected chi connectivity index (χ1v) is 17.8. The molecule has 5 heterocycles. The normalized spacial score (nSPS) is 33.5. The highest BCUT2D eigenvalue weighted by Crippen LogP contribution is 2.54. The number of nitrogens with zero attached hydrogens (tertiary/aromatic N) is 3. The van der Waals surface area contributed by atoms with Crippen LogP contribution in [-0.2, 0) is 38.1 Å². The van der Waals surface area contributed by atoms with Crippen LogP contribution in [0.15, 0.2) is 54.6 Å². The highest BCUT2D eigenvalue weighted by Gasteiger charge is 2.72. The number of likely N-dealkylation sites (tertiary alicyclic amines) is 1. The summed E-state index contributed by atoms with van der Waals surface area (Å²) in [7, 11) is 1.51. The van der Waals surface area contributed by atoms with E-state index in [1.807, 2.05) is 50.3 Å². The van der Waals surface area contributed by atoms with Crippen molar-refractivity contribution >= 4 is 23.7 Å². The van der Waals surface area contributed by atoms with Gasteiger partial charge in [0.1, 0.15) is 23.7 Å². The number of methoxy groups -OCH3 is 1. The van der Waals surface area contributed by atoms with E-state index in [0.717, 1.165) is 13.1 Å². The van der Waals surface area contributed by atoms with Crippen molar-refractivity contribution in [2.24, 2.45) is 17.8 Å². The molecule has 13 nitrogen and oxygen atoms in total. The number of nitrogens with one attached hydrogen (secondary N) is 1. The summed E-state index contributed by atoms with van der Waals surface area (Å²) in [6.45, 7) is 7.71. The van der Waals surface area contributed by atoms with Crippen molar-refractivity contribution in [3.63, 3.8) is 0 Å². The highest BCUT2D eigenvalue weighted by molar-refractivity contribution is 5.99. The highest BCUT2D eigenvalue weighted by atomic mass is 16.6. The lowest BCUT2D eigenvalue weighted by Crippen LogP contribution is -2.59. The zero-order chi connectivity index (χ0) is 35.4. The van der Waals surface area contributed by atoms with Gasteiger partial charge in [0.15, 0.2) is 0 Å². The Morgan fingerprint density at radius 2 is 1.80 bits per heavy atom. The molecule has 0 radical (unpaired) electrons. The number of esters is 1. The molecule has 0 unspecified atom stereocenters. The lowest BCUT2D eigenvalue weighted by molar-refractivity contribution is -0.163. The fourth-order valence-corrected chi connectivity index (χ4v) is 8.14. The average Bonchev–Trinajstić information content (AvgIpc) is 3.50. The van der Waals surface area contributed by atoms with Crippen LogP contribution in [0.4, 0.5) is 0 Å². The topological polar surface area (TPSA) is 147 Å². The van der Waals surface area contributed by atoms with Gasteiger partial charge in [-0.2, -0.15) is 0 Å². The smallest absolute Gasteiger partial charge is 0.313 e. The Bertz CT molecular complexity index is 1450. The number of carbonyl (C=O) groups is 4. The second-order valence-corrected chi connectivity index (χ2v) is 14.1. The number of amides is 3. The molecule has 13 heteroatoms. The van der Waals surface area contributed by atoms with Crippen LogP contribution in [0, 0.1) is 17.8 Å². The molecule has 50 heavy (non-hydrogen) atoms. The van der Waals surface area contributed by atoms with E-state index in [1.54, 1.807) is 23.1 Å². The minimum atomic E-state index is -1.49. The first-order chi connectivity index (χ1) is 24.2. The molecule has 2 N–H and O–H groups in total. The van der Waals surface area contributed by atoms with Gasteiger partial charge in [-0.15, -0.1) is 0 Å². The summed E-state index contributed by atoms with van der Waals surface area (Å²) in [6.07, 6.45) is 5.86. The Morgan fingerprint density at radius 3 is 2.50 bits per heavy atom. The lowest BCUT2D eigenvalue weighted by Gasteiger charge is -2.40. The van der Waals surface area contributed by atoms with E-state index in [2.05, 4.69) is 10.2 Å². The number of aliphatic hydroxyl groups excluding tert-OH is 1. The molecule has 5 aliphatic rings. The fourth-order valence-electron chi connectivity index (χ4n) is 8.14. The Morgan fingerprint density at radius 1 is 1.04 bits per heavy atom. The number of rotatable bonds is 9. The van der Waals surface area contributed by atoms with Gasteiger partial charge >= 0.3 is 5.97 Å². The molecular weight excluding hydrogens is 644 g/mol. The number of ether oxygens (including phenoxy) is 4. The summed E-state index contributed by atoms with van der Waals surface area (Å²) in [6, 6.07) is 6.60. The summed E-state index contributed by atoms with van der Waals surface area (Å²) in [5.74, 6) is -4.03. The number of carbonyl (C=O) groups excluding carboxylic acids is 4. The first kappa shape index (κ1) is 36.2. The summed E-state index contributed by atoms with van der Waals surface area (Å²) in [4.78, 5) is 62.7. The maximum absolute atomic E-state index is 14.9. The van der Waals surface area contributed by atoms with Crippen LogP contribution in [0.5, 0.6) is 0 Å². The van der Waals surface area contributed by atoms with Crippen LogP contribution >= 0.6 is 0 Å². The van der Waals surface area contributed by atoms with Crippen molar-refractivity contribution < 1.29 is 43.2 Å². The summed E-state index contributed by atoms with van der Waals surface area (Å²) < 4.78 is 24.1. The molecule has 1 aromatic rings. The number of aliphatic hydroxyl groups is 1. The minimum absolute atomic E-state index is 0.0747. The third-order valence-electron chi connectivity index (χ3n) is 10.7. The van der Waals surface area contributed by atoms with Crippen molar-refractivity contribution in [2.45, 2.75) is 62.6 Å². The maximum atomic E-state index is 14.9. The summed E-state index contributed by atoms with van der Waals surface area (Å²) in [5, 5.41) is 13.6. The van der Waals surface area contributed by atoms with Crippen LogP contribution in [0.1, 0.15) is 38.4 Å². The van der Waals surface area contributed by atoms with Crippen LogP contribution in [0.3, 0.4) is 0 Å². The van der Waals surface area contributed by atoms with Crippen molar-refractivity contribution in [3.05, 3.63) is 60.2 Å². The predicted molar refractivity (Wildman–Crippen MR) is 181 cm³/mol. The van der Waals surface area contributed by atoms with Gasteiger partial charge in [0.25, 0.3) is 0 Å². The summed E-state index contributed by atoms with van der Waals surface area (Å²) in [5.41, 5.74) is -0.843. The number of benzene rings is 1. The maximum Gasteiger partial charge on any atom is 0.313 e. The van der Waals surface area contributed by atoms with Gasteiger partial charge in [0.05, 0.1) is 50.5 Å². The molecule has 3 amide bonds. The molecule has 272 valence electrons. The van der Waals surface area contributed by atoms with Gasteiger partial charge in [-0.1, -0.05) is 68.5 Å². The van der Waals surface area contributed by atoms with Crippen LogP contribution in [-0.4, -0.2) is 140 Å². The lowest BCUT2D eigenvalue weighted by atomic mass is 9.77. The largest absolute Gasteiger partial charge is 0.455 e. The number of fused-ring (bicyclic) bond motifs is 2. The van der Waals surface area contributed by atoms with Crippen molar-refractivity contribution in [1.82, 2.24) is 20.0 Å². The fraction of sp³-hybridized carbons (Fsp3) is 0.622. The van der Waals surface area contributed by atoms with E-state index in [0.29, 0.717) is 44.8 Å². The van der Waals surface area contributed by atoms with Crippen LogP contribution in [0.25, 0.3) is 0 Å². The molecule has 8 atom stereocenters. The molecule has 1 aromatic carbocycles. The van der Waals surface area contributed by atoms with Gasteiger partial charge in [-0.25, -0.2) is 0 Å². The number of morpholine rings is 1. The van der Waals surface area contributed by atoms with E-state index in [1.165, 1.54) is 12.0 Å². The molecule has 0 aliphatic carbocycles. The second-order valence-electron chi connectivity index (χ2n) is 14.1. The molecule has 5 aliphatic heterocycles. The van der Waals surface area contributed by atoms with Crippen molar-refractivity contribution in [3.8, 4) is 0 Å². The summed E-state index contributed by atoms with van der Waals surface area (Å²) >= 11 is 0. The molecule has 6 rings (SSSR count). The standard InChI is InChI=1S/C37H50N4O9/c1-24(2)27(22-42)41-33-35(45)40(17-16-39-18-20-48-21-19-39)15-9-14-37(33)31(34(41)44)30-28(50-37)12-7-8-13-29(43)38-26(23-47-3)32(49-36(30)46)25-10-5-4-6-11-25/h4-7,9-12,14,24,26-28,30-33,42H,8,13,15-23H2,1-3H3,(H,38,43)/b12-7-/t26-,27-,28-,30+,31+,32-,33-,37+/m0/s1. The van der Waals surface area contributed by atoms with Crippen molar-refractivity contribution in [2.75, 3.05) is 66.3 Å². The van der Waals surface area contributed by atoms with Gasteiger partial charge in [0, 0.05) is 46.3 Å². The van der Waals surface area contributed by atoms with Crippen LogP contribution in [0.2, 0.25) is 0 Å². The molecular formula is C37H50N4O9. The minimum Gasteiger partial charge on any atom is -0.455 e.